The molecular formula is C19H29NO3. The fraction of sp³-hybridized carbons (Fsp3) is 0.579. The van der Waals surface area contributed by atoms with E-state index in [0.29, 0.717) is 25.1 Å². The van der Waals surface area contributed by atoms with Crippen LogP contribution in [0.5, 0.6) is 5.75 Å². The van der Waals surface area contributed by atoms with E-state index >= 15 is 0 Å². The number of Topliss-reactive ketones (excluding diaryl/α,β-unsaturated/α-hetero) is 1. The van der Waals surface area contributed by atoms with Crippen LogP contribution in [-0.4, -0.2) is 24.8 Å². The van der Waals surface area contributed by atoms with Crippen LogP contribution in [0.15, 0.2) is 12.1 Å². The van der Waals surface area contributed by atoms with Crippen LogP contribution in [0, 0.1) is 13.8 Å². The second kappa shape index (κ2) is 8.25. The summed E-state index contributed by atoms with van der Waals surface area (Å²) in [6.07, 6.45) is 0.743. The fourth-order valence-electron chi connectivity index (χ4n) is 3.00. The number of hydrogen-bond donors (Lipinski definition) is 1. The molecule has 128 valence electrons. The largest absolute Gasteiger partial charge is 0.426 e. The van der Waals surface area contributed by atoms with Gasteiger partial charge in [-0.15, -0.1) is 0 Å². The van der Waals surface area contributed by atoms with Crippen LogP contribution in [0.3, 0.4) is 0 Å². The molecule has 0 unspecified atom stereocenters. The summed E-state index contributed by atoms with van der Waals surface area (Å²) in [7, 11) is 0. The van der Waals surface area contributed by atoms with Gasteiger partial charge in [0.05, 0.1) is 6.42 Å². The highest BCUT2D eigenvalue weighted by Crippen LogP contribution is 2.39. The van der Waals surface area contributed by atoms with Gasteiger partial charge in [-0.25, -0.2) is 0 Å². The second-order valence-corrected chi connectivity index (χ2v) is 6.74. The molecular weight excluding hydrogens is 290 g/mol. The number of carbonyl (C=O) groups is 2. The molecule has 0 fully saturated rings. The first-order chi connectivity index (χ1) is 10.7. The maximum atomic E-state index is 12.1. The van der Waals surface area contributed by atoms with Gasteiger partial charge in [-0.1, -0.05) is 32.9 Å². The molecule has 0 saturated carbocycles. The minimum atomic E-state index is -0.376. The Balaban J connectivity index is 3.13. The highest BCUT2D eigenvalue weighted by atomic mass is 16.5. The molecule has 0 aliphatic heterocycles. The van der Waals surface area contributed by atoms with Crippen molar-refractivity contribution < 1.29 is 14.3 Å². The summed E-state index contributed by atoms with van der Waals surface area (Å²) in [5.74, 6) is 0.484. The Morgan fingerprint density at radius 2 is 1.78 bits per heavy atom. The Bertz CT molecular complexity index is 576. The lowest BCUT2D eigenvalue weighted by Crippen LogP contribution is -2.25. The molecule has 0 heterocycles. The van der Waals surface area contributed by atoms with E-state index in [1.54, 1.807) is 6.92 Å². The second-order valence-electron chi connectivity index (χ2n) is 6.74. The van der Waals surface area contributed by atoms with Crippen molar-refractivity contribution in [2.24, 2.45) is 0 Å². The number of rotatable bonds is 8. The van der Waals surface area contributed by atoms with Gasteiger partial charge in [0.25, 0.3) is 0 Å². The average molecular weight is 319 g/mol. The molecule has 23 heavy (non-hydrogen) atoms. The SMILES string of the molecule is CCNCCC(=O)Oc1c(C)ccc(C)c1C(C)(C)CC(C)=O. The summed E-state index contributed by atoms with van der Waals surface area (Å²) < 4.78 is 5.68. The molecule has 0 aromatic heterocycles. The first-order valence-electron chi connectivity index (χ1n) is 8.20. The lowest BCUT2D eigenvalue weighted by Gasteiger charge is -2.29. The molecule has 0 amide bonds. The van der Waals surface area contributed by atoms with Crippen molar-refractivity contribution in [3.05, 3.63) is 28.8 Å². The van der Waals surface area contributed by atoms with Crippen LogP contribution in [0.1, 0.15) is 57.2 Å². The van der Waals surface area contributed by atoms with E-state index in [4.69, 9.17) is 4.74 Å². The molecule has 1 aromatic carbocycles. The molecule has 4 heteroatoms. The smallest absolute Gasteiger partial charge is 0.312 e. The topological polar surface area (TPSA) is 55.4 Å². The first-order valence-corrected chi connectivity index (χ1v) is 8.20. The maximum absolute atomic E-state index is 12.1. The Morgan fingerprint density at radius 1 is 1.17 bits per heavy atom. The molecule has 0 aliphatic carbocycles. The van der Waals surface area contributed by atoms with Gasteiger partial charge in [-0.05, 0) is 38.4 Å². The predicted molar refractivity (Wildman–Crippen MR) is 93.0 cm³/mol. The van der Waals surface area contributed by atoms with E-state index in [2.05, 4.69) is 5.32 Å². The van der Waals surface area contributed by atoms with Gasteiger partial charge in [0, 0.05) is 23.9 Å². The summed E-state index contributed by atoms with van der Waals surface area (Å²) >= 11 is 0. The highest BCUT2D eigenvalue weighted by Gasteiger charge is 2.29. The summed E-state index contributed by atoms with van der Waals surface area (Å²) in [5.41, 5.74) is 2.53. The monoisotopic (exact) mass is 319 g/mol. The molecule has 1 N–H and O–H groups in total. The molecule has 1 rings (SSSR count). The number of benzene rings is 1. The number of aryl methyl sites for hydroxylation is 2. The summed E-state index contributed by atoms with van der Waals surface area (Å²) in [4.78, 5) is 23.7. The summed E-state index contributed by atoms with van der Waals surface area (Å²) in [5, 5.41) is 3.12. The zero-order valence-corrected chi connectivity index (χ0v) is 15.2. The van der Waals surface area contributed by atoms with Crippen LogP contribution < -0.4 is 10.1 Å². The number of ketones is 1. The standard InChI is InChI=1S/C19H29NO3/c1-7-20-11-10-16(22)23-18-14(3)9-8-13(2)17(18)19(5,6)12-15(4)21/h8-9,20H,7,10-12H2,1-6H3. The zero-order valence-electron chi connectivity index (χ0n) is 15.2. The highest BCUT2D eigenvalue weighted by molar-refractivity contribution is 5.78. The zero-order chi connectivity index (χ0) is 17.6. The van der Waals surface area contributed by atoms with Crippen molar-refractivity contribution in [1.82, 2.24) is 5.32 Å². The third kappa shape index (κ3) is 5.47. The molecule has 0 radical (unpaired) electrons. The van der Waals surface area contributed by atoms with Crippen LogP contribution in [-0.2, 0) is 15.0 Å². The van der Waals surface area contributed by atoms with E-state index in [1.165, 1.54) is 0 Å². The van der Waals surface area contributed by atoms with Crippen molar-refractivity contribution in [3.8, 4) is 5.75 Å². The van der Waals surface area contributed by atoms with Gasteiger partial charge in [-0.3, -0.25) is 9.59 Å². The number of ether oxygens (including phenoxy) is 1. The van der Waals surface area contributed by atoms with Gasteiger partial charge in [-0.2, -0.15) is 0 Å². The van der Waals surface area contributed by atoms with Crippen molar-refractivity contribution in [3.63, 3.8) is 0 Å². The van der Waals surface area contributed by atoms with Gasteiger partial charge in [0.1, 0.15) is 11.5 Å². The molecule has 0 saturated heterocycles. The number of hydrogen-bond acceptors (Lipinski definition) is 4. The van der Waals surface area contributed by atoms with Crippen molar-refractivity contribution in [2.75, 3.05) is 13.1 Å². The summed E-state index contributed by atoms with van der Waals surface area (Å²) in [6, 6.07) is 3.97. The number of esters is 1. The Hall–Kier alpha value is -1.68. The average Bonchev–Trinajstić information content (AvgIpc) is 2.41. The summed E-state index contributed by atoms with van der Waals surface area (Å²) in [6.45, 7) is 13.0. The van der Waals surface area contributed by atoms with Crippen LogP contribution in [0.4, 0.5) is 0 Å². The molecule has 0 spiro atoms. The normalized spacial score (nSPS) is 11.4. The molecule has 0 bridgehead atoms. The van der Waals surface area contributed by atoms with Gasteiger partial charge >= 0.3 is 5.97 Å². The van der Waals surface area contributed by atoms with E-state index in [-0.39, 0.29) is 17.2 Å². The van der Waals surface area contributed by atoms with Crippen molar-refractivity contribution in [2.45, 2.75) is 59.8 Å². The first kappa shape index (κ1) is 19.4. The van der Waals surface area contributed by atoms with Crippen molar-refractivity contribution in [1.29, 1.82) is 0 Å². The minimum absolute atomic E-state index is 0.125. The van der Waals surface area contributed by atoms with Crippen LogP contribution in [0.2, 0.25) is 0 Å². The van der Waals surface area contributed by atoms with E-state index in [9.17, 15) is 9.59 Å². The van der Waals surface area contributed by atoms with Crippen molar-refractivity contribution >= 4 is 11.8 Å². The Kier molecular flexibility index (Phi) is 6.95. The minimum Gasteiger partial charge on any atom is -0.426 e. The third-order valence-corrected chi connectivity index (χ3v) is 3.90. The fourth-order valence-corrected chi connectivity index (χ4v) is 3.00. The molecule has 0 aliphatic rings. The van der Waals surface area contributed by atoms with E-state index in [0.717, 1.165) is 23.2 Å². The van der Waals surface area contributed by atoms with Crippen LogP contribution in [0.25, 0.3) is 0 Å². The van der Waals surface area contributed by atoms with Crippen LogP contribution >= 0.6 is 0 Å². The van der Waals surface area contributed by atoms with E-state index < -0.39 is 0 Å². The number of nitrogens with one attached hydrogen (secondary N) is 1. The van der Waals surface area contributed by atoms with Gasteiger partial charge in [0.2, 0.25) is 0 Å². The third-order valence-electron chi connectivity index (χ3n) is 3.90. The lowest BCUT2D eigenvalue weighted by atomic mass is 9.77. The number of carbonyl (C=O) groups excluding carboxylic acids is 2. The lowest BCUT2D eigenvalue weighted by molar-refractivity contribution is -0.134. The maximum Gasteiger partial charge on any atom is 0.312 e. The molecule has 4 nitrogen and oxygen atoms in total. The predicted octanol–water partition coefficient (Wildman–Crippen LogP) is 3.47. The van der Waals surface area contributed by atoms with Gasteiger partial charge in [0.15, 0.2) is 0 Å². The van der Waals surface area contributed by atoms with Gasteiger partial charge < -0.3 is 10.1 Å². The molecule has 1 aromatic rings. The quantitative estimate of drug-likeness (QED) is 0.453. The molecule has 0 atom stereocenters. The van der Waals surface area contributed by atoms with E-state index in [1.807, 2.05) is 46.8 Å². The Morgan fingerprint density at radius 3 is 2.35 bits per heavy atom. The Labute approximate surface area is 139 Å².